The number of fused-ring (bicyclic) bond motifs is 1. The van der Waals surface area contributed by atoms with Gasteiger partial charge in [0.05, 0.1) is 24.5 Å². The van der Waals surface area contributed by atoms with Crippen LogP contribution in [0.5, 0.6) is 0 Å². The first kappa shape index (κ1) is 14.3. The highest BCUT2D eigenvalue weighted by molar-refractivity contribution is 5.84. The molecule has 0 atom stereocenters. The predicted molar refractivity (Wildman–Crippen MR) is 93.5 cm³/mol. The van der Waals surface area contributed by atoms with Crippen molar-refractivity contribution < 1.29 is 0 Å². The van der Waals surface area contributed by atoms with Gasteiger partial charge in [-0.25, -0.2) is 4.98 Å². The number of imidazole rings is 1. The summed E-state index contributed by atoms with van der Waals surface area (Å²) in [5.41, 5.74) is 4.19. The Bertz CT molecular complexity index is 1020. The second-order valence-corrected chi connectivity index (χ2v) is 5.80. The molecule has 0 radical (unpaired) electrons. The van der Waals surface area contributed by atoms with Crippen LogP contribution in [0.2, 0.25) is 0 Å². The van der Waals surface area contributed by atoms with Gasteiger partial charge in [-0.05, 0) is 23.3 Å². The highest BCUT2D eigenvalue weighted by Gasteiger charge is 2.10. The maximum atomic E-state index is 9.32. The van der Waals surface area contributed by atoms with Crippen molar-refractivity contribution in [3.8, 4) is 6.07 Å². The largest absolute Gasteiger partial charge is 0.343 e. The molecule has 0 unspecified atom stereocenters. The van der Waals surface area contributed by atoms with E-state index in [1.165, 1.54) is 16.5 Å². The molecule has 2 heterocycles. The normalized spacial score (nSPS) is 10.8. The quantitative estimate of drug-likeness (QED) is 0.575. The molecule has 0 fully saturated rings. The molecule has 116 valence electrons. The lowest BCUT2D eigenvalue weighted by molar-refractivity contribution is 0.782. The third kappa shape index (κ3) is 2.57. The fraction of sp³-hybridized carbons (Fsp3) is 0.100. The van der Waals surface area contributed by atoms with Crippen LogP contribution in [0.25, 0.3) is 10.9 Å². The van der Waals surface area contributed by atoms with Gasteiger partial charge in [-0.1, -0.05) is 36.4 Å². The fourth-order valence-electron chi connectivity index (χ4n) is 3.11. The molecule has 4 rings (SSSR count). The zero-order valence-electron chi connectivity index (χ0n) is 13.1. The summed E-state index contributed by atoms with van der Waals surface area (Å²) in [5, 5.41) is 10.6. The lowest BCUT2D eigenvalue weighted by Gasteiger charge is -2.07. The van der Waals surface area contributed by atoms with Crippen molar-refractivity contribution in [2.75, 3.05) is 0 Å². The van der Waals surface area contributed by atoms with E-state index in [2.05, 4.69) is 50.6 Å². The third-order valence-corrected chi connectivity index (χ3v) is 4.26. The number of hydrogen-bond donors (Lipinski definition) is 0. The summed E-state index contributed by atoms with van der Waals surface area (Å²) >= 11 is 0. The number of para-hydroxylation sites is 1. The van der Waals surface area contributed by atoms with Crippen molar-refractivity contribution in [2.45, 2.75) is 13.1 Å². The highest BCUT2D eigenvalue weighted by Crippen LogP contribution is 2.24. The van der Waals surface area contributed by atoms with Gasteiger partial charge in [0.25, 0.3) is 0 Å². The summed E-state index contributed by atoms with van der Waals surface area (Å²) < 4.78 is 4.28. The third-order valence-electron chi connectivity index (χ3n) is 4.26. The minimum Gasteiger partial charge on any atom is -0.343 e. The van der Waals surface area contributed by atoms with Crippen LogP contribution in [0.4, 0.5) is 0 Å². The van der Waals surface area contributed by atoms with Crippen LogP contribution >= 0.6 is 0 Å². The standard InChI is InChI=1S/C20H16N4/c21-11-16-5-1-2-6-17(16)13-24-14-18(12-23-10-9-22-15-23)19-7-3-4-8-20(19)24/h1-10,14-15H,12-13H2. The summed E-state index contributed by atoms with van der Waals surface area (Å²) in [7, 11) is 0. The lowest BCUT2D eigenvalue weighted by atomic mass is 10.1. The van der Waals surface area contributed by atoms with Gasteiger partial charge in [0.1, 0.15) is 0 Å². The zero-order chi connectivity index (χ0) is 16.4. The maximum absolute atomic E-state index is 9.32. The zero-order valence-corrected chi connectivity index (χ0v) is 13.1. The summed E-state index contributed by atoms with van der Waals surface area (Å²) in [6.07, 6.45) is 7.77. The number of hydrogen-bond acceptors (Lipinski definition) is 2. The number of benzene rings is 2. The van der Waals surface area contributed by atoms with E-state index < -0.39 is 0 Å². The van der Waals surface area contributed by atoms with E-state index >= 15 is 0 Å². The maximum Gasteiger partial charge on any atom is 0.0995 e. The lowest BCUT2D eigenvalue weighted by Crippen LogP contribution is -2.00. The van der Waals surface area contributed by atoms with E-state index in [1.807, 2.05) is 36.8 Å². The molecule has 2 aromatic carbocycles. The van der Waals surface area contributed by atoms with Gasteiger partial charge in [-0.3, -0.25) is 0 Å². The second-order valence-electron chi connectivity index (χ2n) is 5.80. The molecule has 0 amide bonds. The van der Waals surface area contributed by atoms with Crippen LogP contribution in [0.1, 0.15) is 16.7 Å². The Morgan fingerprint density at radius 2 is 1.79 bits per heavy atom. The number of nitriles is 1. The van der Waals surface area contributed by atoms with Gasteiger partial charge >= 0.3 is 0 Å². The van der Waals surface area contributed by atoms with Gasteiger partial charge in [-0.15, -0.1) is 0 Å². The van der Waals surface area contributed by atoms with E-state index in [0.717, 1.165) is 17.7 Å². The van der Waals surface area contributed by atoms with E-state index in [0.29, 0.717) is 6.54 Å². The molecule has 0 saturated carbocycles. The SMILES string of the molecule is N#Cc1ccccc1Cn1cc(Cn2ccnc2)c2ccccc21. The molecule has 2 aromatic heterocycles. The van der Waals surface area contributed by atoms with E-state index in [9.17, 15) is 5.26 Å². The smallest absolute Gasteiger partial charge is 0.0995 e. The van der Waals surface area contributed by atoms with Crippen LogP contribution in [-0.2, 0) is 13.1 Å². The minimum absolute atomic E-state index is 0.689. The Kier molecular flexibility index (Phi) is 3.60. The van der Waals surface area contributed by atoms with Gasteiger partial charge < -0.3 is 9.13 Å². The molecule has 4 aromatic rings. The molecule has 4 nitrogen and oxygen atoms in total. The van der Waals surface area contributed by atoms with E-state index in [4.69, 9.17) is 0 Å². The molecule has 24 heavy (non-hydrogen) atoms. The molecule has 0 aliphatic rings. The first-order valence-corrected chi connectivity index (χ1v) is 7.85. The van der Waals surface area contributed by atoms with Crippen molar-refractivity contribution >= 4 is 10.9 Å². The van der Waals surface area contributed by atoms with Gasteiger partial charge in [0.15, 0.2) is 0 Å². The average Bonchev–Trinajstić information content (AvgIpc) is 3.25. The molecule has 0 N–H and O–H groups in total. The molecule has 0 aliphatic heterocycles. The van der Waals surface area contributed by atoms with Crippen molar-refractivity contribution in [3.63, 3.8) is 0 Å². The topological polar surface area (TPSA) is 46.5 Å². The number of aromatic nitrogens is 3. The minimum atomic E-state index is 0.689. The summed E-state index contributed by atoms with van der Waals surface area (Å²) in [4.78, 5) is 4.12. The molecule has 0 aliphatic carbocycles. The van der Waals surface area contributed by atoms with Crippen molar-refractivity contribution in [3.05, 3.63) is 90.1 Å². The van der Waals surface area contributed by atoms with Crippen LogP contribution in [0.3, 0.4) is 0 Å². The van der Waals surface area contributed by atoms with Crippen LogP contribution < -0.4 is 0 Å². The first-order chi connectivity index (χ1) is 11.8. The Hall–Kier alpha value is -3.32. The molecular formula is C20H16N4. The predicted octanol–water partition coefficient (Wildman–Crippen LogP) is 3.81. The van der Waals surface area contributed by atoms with Crippen molar-refractivity contribution in [2.24, 2.45) is 0 Å². The molecule has 4 heteroatoms. The van der Waals surface area contributed by atoms with E-state index in [-0.39, 0.29) is 0 Å². The van der Waals surface area contributed by atoms with Gasteiger partial charge in [0.2, 0.25) is 0 Å². The van der Waals surface area contributed by atoms with Crippen LogP contribution in [0.15, 0.2) is 73.4 Å². The Labute approximate surface area is 140 Å². The van der Waals surface area contributed by atoms with Crippen LogP contribution in [-0.4, -0.2) is 14.1 Å². The number of nitrogens with zero attached hydrogens (tertiary/aromatic N) is 4. The summed E-state index contributed by atoms with van der Waals surface area (Å²) in [6.45, 7) is 1.47. The molecule has 0 spiro atoms. The van der Waals surface area contributed by atoms with Gasteiger partial charge in [-0.2, -0.15) is 5.26 Å². The van der Waals surface area contributed by atoms with Crippen molar-refractivity contribution in [1.82, 2.24) is 14.1 Å². The summed E-state index contributed by atoms with van der Waals surface area (Å²) in [6, 6.07) is 18.4. The fourth-order valence-corrected chi connectivity index (χ4v) is 3.11. The first-order valence-electron chi connectivity index (χ1n) is 7.85. The summed E-state index contributed by atoms with van der Waals surface area (Å²) in [5.74, 6) is 0. The second kappa shape index (κ2) is 6.05. The van der Waals surface area contributed by atoms with E-state index in [1.54, 1.807) is 6.20 Å². The van der Waals surface area contributed by atoms with Gasteiger partial charge in [0, 0.05) is 36.0 Å². The van der Waals surface area contributed by atoms with Crippen LogP contribution in [0, 0.1) is 11.3 Å². The molecule has 0 saturated heterocycles. The van der Waals surface area contributed by atoms with Crippen molar-refractivity contribution in [1.29, 1.82) is 5.26 Å². The monoisotopic (exact) mass is 312 g/mol. The molecule has 0 bridgehead atoms. The Morgan fingerprint density at radius 3 is 2.62 bits per heavy atom. The average molecular weight is 312 g/mol. The number of rotatable bonds is 4. The highest BCUT2D eigenvalue weighted by atomic mass is 15.0. The Morgan fingerprint density at radius 1 is 0.958 bits per heavy atom. The Balaban J connectivity index is 1.77. The molecular weight excluding hydrogens is 296 g/mol.